The number of hydrogen-bond acceptors (Lipinski definition) is 1. The highest BCUT2D eigenvalue weighted by molar-refractivity contribution is 9.10. The van der Waals surface area contributed by atoms with E-state index in [-0.39, 0.29) is 5.38 Å². The maximum Gasteiger partial charge on any atom is 0.0651 e. The summed E-state index contributed by atoms with van der Waals surface area (Å²) < 4.78 is 1.05. The fourth-order valence-corrected chi connectivity index (χ4v) is 2.71. The topological polar surface area (TPSA) is 12.9 Å². The monoisotopic (exact) mass is 309 g/mol. The van der Waals surface area contributed by atoms with Crippen LogP contribution in [0.25, 0.3) is 0 Å². The Kier molecular flexibility index (Phi) is 4.19. The van der Waals surface area contributed by atoms with Gasteiger partial charge in [-0.25, -0.2) is 0 Å². The van der Waals surface area contributed by atoms with Crippen LogP contribution >= 0.6 is 27.5 Å². The molecule has 0 saturated heterocycles. The van der Waals surface area contributed by atoms with Gasteiger partial charge in [-0.2, -0.15) is 0 Å². The van der Waals surface area contributed by atoms with Crippen LogP contribution in [0.2, 0.25) is 0 Å². The van der Waals surface area contributed by atoms with Crippen LogP contribution in [0.3, 0.4) is 0 Å². The number of hydrogen-bond donors (Lipinski definition) is 0. The average Bonchev–Trinajstić information content (AvgIpc) is 2.33. The molecule has 0 aliphatic carbocycles. The van der Waals surface area contributed by atoms with Crippen molar-refractivity contribution >= 4 is 27.5 Å². The normalized spacial score (nSPS) is 12.4. The molecular weight excluding hydrogens is 298 g/mol. The fourth-order valence-electron chi connectivity index (χ4n) is 1.72. The van der Waals surface area contributed by atoms with Crippen molar-refractivity contribution in [1.29, 1.82) is 0 Å². The zero-order valence-electron chi connectivity index (χ0n) is 9.53. The zero-order chi connectivity index (χ0) is 12.3. The summed E-state index contributed by atoms with van der Waals surface area (Å²) in [6, 6.07) is 12.1. The molecule has 0 fully saturated rings. The van der Waals surface area contributed by atoms with Gasteiger partial charge in [-0.3, -0.25) is 4.98 Å². The highest BCUT2D eigenvalue weighted by Gasteiger charge is 2.13. The van der Waals surface area contributed by atoms with Crippen molar-refractivity contribution in [1.82, 2.24) is 4.98 Å². The van der Waals surface area contributed by atoms with Gasteiger partial charge >= 0.3 is 0 Å². The minimum absolute atomic E-state index is 0.0563. The molecule has 0 bridgehead atoms. The molecule has 1 unspecified atom stereocenters. The van der Waals surface area contributed by atoms with Gasteiger partial charge in [0.2, 0.25) is 0 Å². The molecule has 2 rings (SSSR count). The summed E-state index contributed by atoms with van der Waals surface area (Å²) in [5.74, 6) is 0. The second-order valence-corrected chi connectivity index (χ2v) is 5.40. The van der Waals surface area contributed by atoms with Gasteiger partial charge in [0.1, 0.15) is 0 Å². The van der Waals surface area contributed by atoms with Gasteiger partial charge < -0.3 is 0 Å². The van der Waals surface area contributed by atoms with Crippen LogP contribution in [0.1, 0.15) is 22.2 Å². The van der Waals surface area contributed by atoms with E-state index in [4.69, 9.17) is 11.6 Å². The van der Waals surface area contributed by atoms with E-state index in [1.54, 1.807) is 6.20 Å². The molecule has 2 aromatic rings. The van der Waals surface area contributed by atoms with E-state index in [0.717, 1.165) is 22.2 Å². The average molecular weight is 311 g/mol. The molecule has 1 atom stereocenters. The smallest absolute Gasteiger partial charge is 0.0651 e. The van der Waals surface area contributed by atoms with E-state index in [0.29, 0.717) is 0 Å². The van der Waals surface area contributed by atoms with E-state index in [1.165, 1.54) is 5.56 Å². The standard InChI is InChI=1S/C14H13BrClN/c1-10-5-6-13(15)12(8-10)14(16)9-11-4-2-3-7-17-11/h2-8,14H,9H2,1H3. The van der Waals surface area contributed by atoms with Gasteiger partial charge in [-0.1, -0.05) is 39.7 Å². The number of benzene rings is 1. The molecule has 0 N–H and O–H groups in total. The first kappa shape index (κ1) is 12.6. The lowest BCUT2D eigenvalue weighted by atomic mass is 10.1. The molecule has 0 radical (unpaired) electrons. The van der Waals surface area contributed by atoms with Gasteiger partial charge in [-0.05, 0) is 30.7 Å². The Morgan fingerprint density at radius 1 is 1.29 bits per heavy atom. The van der Waals surface area contributed by atoms with Crippen molar-refractivity contribution in [3.8, 4) is 0 Å². The Morgan fingerprint density at radius 2 is 2.12 bits per heavy atom. The molecule has 0 saturated carbocycles. The third-order valence-corrected chi connectivity index (χ3v) is 3.72. The zero-order valence-corrected chi connectivity index (χ0v) is 11.9. The molecule has 3 heteroatoms. The highest BCUT2D eigenvalue weighted by Crippen LogP contribution is 2.31. The van der Waals surface area contributed by atoms with Crippen molar-refractivity contribution in [2.24, 2.45) is 0 Å². The molecule has 0 amide bonds. The summed E-state index contributed by atoms with van der Waals surface area (Å²) in [5, 5.41) is -0.0563. The molecule has 1 aromatic carbocycles. The van der Waals surface area contributed by atoms with Crippen LogP contribution in [0.5, 0.6) is 0 Å². The van der Waals surface area contributed by atoms with Crippen molar-refractivity contribution in [2.75, 3.05) is 0 Å². The third-order valence-electron chi connectivity index (χ3n) is 2.60. The summed E-state index contributed by atoms with van der Waals surface area (Å²) in [6.45, 7) is 2.07. The van der Waals surface area contributed by atoms with Crippen LogP contribution in [0, 0.1) is 6.92 Å². The number of alkyl halides is 1. The molecule has 0 aliphatic heterocycles. The van der Waals surface area contributed by atoms with Crippen LogP contribution in [0.15, 0.2) is 47.1 Å². The van der Waals surface area contributed by atoms with E-state index < -0.39 is 0 Å². The third kappa shape index (κ3) is 3.30. The number of rotatable bonds is 3. The fraction of sp³-hybridized carbons (Fsp3) is 0.214. The summed E-state index contributed by atoms with van der Waals surface area (Å²) in [6.07, 6.45) is 2.54. The minimum atomic E-state index is -0.0563. The number of pyridine rings is 1. The Morgan fingerprint density at radius 3 is 2.82 bits per heavy atom. The van der Waals surface area contributed by atoms with Gasteiger partial charge in [0.15, 0.2) is 0 Å². The van der Waals surface area contributed by atoms with Crippen LogP contribution < -0.4 is 0 Å². The van der Waals surface area contributed by atoms with Gasteiger partial charge in [-0.15, -0.1) is 11.6 Å². The predicted molar refractivity (Wildman–Crippen MR) is 75.4 cm³/mol. The first-order valence-corrected chi connectivity index (χ1v) is 6.70. The first-order valence-electron chi connectivity index (χ1n) is 5.47. The minimum Gasteiger partial charge on any atom is -0.261 e. The molecule has 1 heterocycles. The summed E-state index contributed by atoms with van der Waals surface area (Å²) in [5.41, 5.74) is 3.35. The molecular formula is C14H13BrClN. The SMILES string of the molecule is Cc1ccc(Br)c(C(Cl)Cc2ccccn2)c1. The molecule has 1 aromatic heterocycles. The Bertz CT molecular complexity index is 499. The lowest BCUT2D eigenvalue weighted by molar-refractivity contribution is 0.875. The molecule has 88 valence electrons. The van der Waals surface area contributed by atoms with E-state index in [2.05, 4.69) is 40.0 Å². The van der Waals surface area contributed by atoms with E-state index in [1.807, 2.05) is 24.3 Å². The Balaban J connectivity index is 2.20. The lowest BCUT2D eigenvalue weighted by Crippen LogP contribution is -1.99. The number of nitrogens with zero attached hydrogens (tertiary/aromatic N) is 1. The van der Waals surface area contributed by atoms with Gasteiger partial charge in [0, 0.05) is 22.8 Å². The molecule has 1 nitrogen and oxygen atoms in total. The van der Waals surface area contributed by atoms with Crippen LogP contribution in [-0.4, -0.2) is 4.98 Å². The molecule has 0 spiro atoms. The summed E-state index contributed by atoms with van der Waals surface area (Å²) in [7, 11) is 0. The largest absolute Gasteiger partial charge is 0.261 e. The van der Waals surface area contributed by atoms with Crippen molar-refractivity contribution in [3.05, 3.63) is 63.9 Å². The highest BCUT2D eigenvalue weighted by atomic mass is 79.9. The number of aromatic nitrogens is 1. The Hall–Kier alpha value is -0.860. The second kappa shape index (κ2) is 5.65. The second-order valence-electron chi connectivity index (χ2n) is 4.02. The lowest BCUT2D eigenvalue weighted by Gasteiger charge is -2.12. The van der Waals surface area contributed by atoms with Crippen LogP contribution in [0.4, 0.5) is 0 Å². The number of halogens is 2. The number of aryl methyl sites for hydroxylation is 1. The van der Waals surface area contributed by atoms with E-state index >= 15 is 0 Å². The van der Waals surface area contributed by atoms with Crippen molar-refractivity contribution in [2.45, 2.75) is 18.7 Å². The van der Waals surface area contributed by atoms with Crippen molar-refractivity contribution < 1.29 is 0 Å². The first-order chi connectivity index (χ1) is 8.16. The van der Waals surface area contributed by atoms with E-state index in [9.17, 15) is 0 Å². The van der Waals surface area contributed by atoms with Crippen LogP contribution in [-0.2, 0) is 6.42 Å². The summed E-state index contributed by atoms with van der Waals surface area (Å²) >= 11 is 9.99. The van der Waals surface area contributed by atoms with Gasteiger partial charge in [0.05, 0.1) is 5.38 Å². The quantitative estimate of drug-likeness (QED) is 0.750. The predicted octanol–water partition coefficient (Wildman–Crippen LogP) is 4.68. The van der Waals surface area contributed by atoms with Gasteiger partial charge in [0.25, 0.3) is 0 Å². The van der Waals surface area contributed by atoms with Crippen molar-refractivity contribution in [3.63, 3.8) is 0 Å². The summed E-state index contributed by atoms with van der Waals surface area (Å²) in [4.78, 5) is 4.30. The Labute approximate surface area is 115 Å². The maximum atomic E-state index is 6.45. The maximum absolute atomic E-state index is 6.45. The molecule has 17 heavy (non-hydrogen) atoms. The molecule has 0 aliphatic rings.